The summed E-state index contributed by atoms with van der Waals surface area (Å²) < 4.78 is 46.2. The van der Waals surface area contributed by atoms with Crippen LogP contribution in [0.4, 0.5) is 8.78 Å². The van der Waals surface area contributed by atoms with E-state index in [2.05, 4.69) is 4.90 Å². The standard InChI is InChI=1S/C26H23F2N3O4/c27-19-3-1-2-18(25(19)28)15-31-20-6-11-33-23(20)13-21(31)26(32)30-9-7-29(8-10-30)14-17-4-5-22-24(12-17)35-16-34-22/h1-6,11-13H,7-10,14-16H2. The van der Waals surface area contributed by atoms with E-state index >= 15 is 0 Å². The molecule has 0 aliphatic carbocycles. The molecular weight excluding hydrogens is 456 g/mol. The summed E-state index contributed by atoms with van der Waals surface area (Å²) in [7, 11) is 0. The van der Waals surface area contributed by atoms with E-state index in [1.807, 2.05) is 18.2 Å². The molecule has 180 valence electrons. The second-order valence-electron chi connectivity index (χ2n) is 8.75. The Morgan fingerprint density at radius 1 is 0.914 bits per heavy atom. The van der Waals surface area contributed by atoms with Crippen molar-refractivity contribution >= 4 is 17.0 Å². The van der Waals surface area contributed by atoms with Crippen molar-refractivity contribution < 1.29 is 27.5 Å². The SMILES string of the molecule is O=C(c1cc2occc2n1Cc1cccc(F)c1F)N1CCN(Cc2ccc3c(c2)OCO3)CC1. The Labute approximate surface area is 200 Å². The van der Waals surface area contributed by atoms with Gasteiger partial charge in [-0.2, -0.15) is 0 Å². The molecule has 2 aromatic heterocycles. The number of amides is 1. The molecule has 2 aromatic carbocycles. The summed E-state index contributed by atoms with van der Waals surface area (Å²) in [5.74, 6) is -0.457. The first-order valence-corrected chi connectivity index (χ1v) is 11.5. The van der Waals surface area contributed by atoms with Crippen LogP contribution in [0.1, 0.15) is 21.6 Å². The Morgan fingerprint density at radius 2 is 1.74 bits per heavy atom. The van der Waals surface area contributed by atoms with Gasteiger partial charge in [-0.3, -0.25) is 9.69 Å². The number of ether oxygens (including phenoxy) is 2. The van der Waals surface area contributed by atoms with Crippen LogP contribution < -0.4 is 9.47 Å². The van der Waals surface area contributed by atoms with Gasteiger partial charge < -0.3 is 23.4 Å². The Bertz CT molecular complexity index is 1410. The van der Waals surface area contributed by atoms with Crippen molar-refractivity contribution in [1.82, 2.24) is 14.4 Å². The number of hydrogen-bond acceptors (Lipinski definition) is 5. The molecule has 0 radical (unpaired) electrons. The number of hydrogen-bond donors (Lipinski definition) is 0. The van der Waals surface area contributed by atoms with Gasteiger partial charge in [-0.1, -0.05) is 18.2 Å². The van der Waals surface area contributed by atoms with E-state index in [4.69, 9.17) is 13.9 Å². The average Bonchev–Trinajstić information content (AvgIpc) is 3.59. The van der Waals surface area contributed by atoms with Gasteiger partial charge in [0.05, 0.1) is 18.3 Å². The lowest BCUT2D eigenvalue weighted by Gasteiger charge is -2.35. The van der Waals surface area contributed by atoms with Gasteiger partial charge in [0.15, 0.2) is 28.7 Å². The van der Waals surface area contributed by atoms with Crippen LogP contribution in [0.2, 0.25) is 0 Å². The molecule has 1 fully saturated rings. The minimum Gasteiger partial charge on any atom is -0.463 e. The zero-order chi connectivity index (χ0) is 23.9. The van der Waals surface area contributed by atoms with E-state index < -0.39 is 11.6 Å². The number of fused-ring (bicyclic) bond motifs is 2. The van der Waals surface area contributed by atoms with E-state index in [0.717, 1.165) is 42.8 Å². The predicted octanol–water partition coefficient (Wildman–Crippen LogP) is 4.25. The van der Waals surface area contributed by atoms with Crippen molar-refractivity contribution in [2.45, 2.75) is 13.1 Å². The summed E-state index contributed by atoms with van der Waals surface area (Å²) in [5, 5.41) is 0. The highest BCUT2D eigenvalue weighted by molar-refractivity contribution is 5.97. The van der Waals surface area contributed by atoms with Gasteiger partial charge in [-0.15, -0.1) is 0 Å². The molecule has 35 heavy (non-hydrogen) atoms. The molecule has 2 aliphatic heterocycles. The highest BCUT2D eigenvalue weighted by Crippen LogP contribution is 2.33. The van der Waals surface area contributed by atoms with Gasteiger partial charge in [0.2, 0.25) is 6.79 Å². The normalized spacial score (nSPS) is 15.8. The van der Waals surface area contributed by atoms with Crippen molar-refractivity contribution in [3.05, 3.63) is 83.2 Å². The van der Waals surface area contributed by atoms with Crippen molar-refractivity contribution in [3.8, 4) is 11.5 Å². The molecule has 0 atom stereocenters. The van der Waals surface area contributed by atoms with Crippen LogP contribution in [0.5, 0.6) is 11.5 Å². The highest BCUT2D eigenvalue weighted by atomic mass is 19.2. The quantitative estimate of drug-likeness (QED) is 0.429. The second kappa shape index (κ2) is 8.74. The number of aromatic nitrogens is 1. The number of carbonyl (C=O) groups is 1. The second-order valence-corrected chi connectivity index (χ2v) is 8.75. The molecule has 4 heterocycles. The lowest BCUT2D eigenvalue weighted by Crippen LogP contribution is -2.48. The number of rotatable bonds is 5. The number of furan rings is 1. The maximum absolute atomic E-state index is 14.4. The zero-order valence-electron chi connectivity index (χ0n) is 18.9. The van der Waals surface area contributed by atoms with Crippen LogP contribution in [-0.4, -0.2) is 53.2 Å². The van der Waals surface area contributed by atoms with E-state index in [1.54, 1.807) is 21.6 Å². The smallest absolute Gasteiger partial charge is 0.270 e. The minimum atomic E-state index is -0.912. The van der Waals surface area contributed by atoms with Crippen molar-refractivity contribution in [3.63, 3.8) is 0 Å². The Morgan fingerprint density at radius 3 is 2.60 bits per heavy atom. The first-order chi connectivity index (χ1) is 17.1. The Kier molecular flexibility index (Phi) is 5.41. The van der Waals surface area contributed by atoms with Gasteiger partial charge in [0, 0.05) is 50.4 Å². The van der Waals surface area contributed by atoms with E-state index in [1.165, 1.54) is 18.4 Å². The summed E-state index contributed by atoms with van der Waals surface area (Å²) >= 11 is 0. The summed E-state index contributed by atoms with van der Waals surface area (Å²) in [6.45, 7) is 3.58. The molecule has 0 saturated carbocycles. The molecule has 0 bridgehead atoms. The number of benzene rings is 2. The molecule has 4 aromatic rings. The topological polar surface area (TPSA) is 60.1 Å². The molecule has 9 heteroatoms. The maximum atomic E-state index is 14.4. The Hall–Kier alpha value is -3.85. The largest absolute Gasteiger partial charge is 0.463 e. The summed E-state index contributed by atoms with van der Waals surface area (Å²) in [4.78, 5) is 17.6. The molecule has 2 aliphatic rings. The van der Waals surface area contributed by atoms with Crippen LogP contribution in [0, 0.1) is 11.6 Å². The third-order valence-electron chi connectivity index (χ3n) is 6.60. The average molecular weight is 479 g/mol. The summed E-state index contributed by atoms with van der Waals surface area (Å²) in [5.41, 5.74) is 2.89. The number of piperazine rings is 1. The van der Waals surface area contributed by atoms with Crippen LogP contribution in [-0.2, 0) is 13.1 Å². The van der Waals surface area contributed by atoms with Gasteiger partial charge in [0.25, 0.3) is 5.91 Å². The molecule has 1 saturated heterocycles. The van der Waals surface area contributed by atoms with Gasteiger partial charge in [0.1, 0.15) is 5.69 Å². The van der Waals surface area contributed by atoms with E-state index in [-0.39, 0.29) is 24.8 Å². The predicted molar refractivity (Wildman–Crippen MR) is 123 cm³/mol. The van der Waals surface area contributed by atoms with Crippen LogP contribution in [0.25, 0.3) is 11.1 Å². The molecule has 0 N–H and O–H groups in total. The number of carbonyl (C=O) groups excluding carboxylic acids is 1. The van der Waals surface area contributed by atoms with Gasteiger partial charge >= 0.3 is 0 Å². The van der Waals surface area contributed by atoms with Gasteiger partial charge in [-0.25, -0.2) is 8.78 Å². The fraction of sp³-hybridized carbons (Fsp3) is 0.269. The number of nitrogens with zero attached hydrogens (tertiary/aromatic N) is 3. The summed E-state index contributed by atoms with van der Waals surface area (Å²) in [6.07, 6.45) is 1.52. The van der Waals surface area contributed by atoms with Crippen molar-refractivity contribution in [1.29, 1.82) is 0 Å². The van der Waals surface area contributed by atoms with Crippen LogP contribution in [0.3, 0.4) is 0 Å². The summed E-state index contributed by atoms with van der Waals surface area (Å²) in [6, 6.07) is 13.4. The number of halogens is 2. The minimum absolute atomic E-state index is 0.0256. The van der Waals surface area contributed by atoms with Crippen molar-refractivity contribution in [2.75, 3.05) is 33.0 Å². The van der Waals surface area contributed by atoms with Crippen molar-refractivity contribution in [2.24, 2.45) is 0 Å². The lowest BCUT2D eigenvalue weighted by atomic mass is 10.1. The molecule has 6 rings (SSSR count). The third-order valence-corrected chi connectivity index (χ3v) is 6.60. The first-order valence-electron chi connectivity index (χ1n) is 11.5. The highest BCUT2D eigenvalue weighted by Gasteiger charge is 2.27. The molecule has 7 nitrogen and oxygen atoms in total. The fourth-order valence-corrected chi connectivity index (χ4v) is 4.73. The van der Waals surface area contributed by atoms with Crippen LogP contribution in [0.15, 0.2) is 59.2 Å². The first kappa shape index (κ1) is 21.7. The maximum Gasteiger partial charge on any atom is 0.270 e. The van der Waals surface area contributed by atoms with E-state index in [0.29, 0.717) is 29.9 Å². The zero-order valence-corrected chi connectivity index (χ0v) is 18.9. The fourth-order valence-electron chi connectivity index (χ4n) is 4.73. The molecule has 1 amide bonds. The molecular formula is C26H23F2N3O4. The molecule has 0 spiro atoms. The molecule has 0 unspecified atom stereocenters. The lowest BCUT2D eigenvalue weighted by molar-refractivity contribution is 0.0618. The van der Waals surface area contributed by atoms with Crippen LogP contribution >= 0.6 is 0 Å². The van der Waals surface area contributed by atoms with Gasteiger partial charge in [-0.05, 0) is 23.8 Å². The Balaban J connectivity index is 1.17. The monoisotopic (exact) mass is 479 g/mol. The third kappa shape index (κ3) is 4.01. The van der Waals surface area contributed by atoms with E-state index in [9.17, 15) is 13.6 Å².